The third-order valence-corrected chi connectivity index (χ3v) is 3.54. The molecule has 1 N–H and O–H groups in total. The summed E-state index contributed by atoms with van der Waals surface area (Å²) in [6, 6.07) is 15.5. The molecule has 0 aliphatic heterocycles. The van der Waals surface area contributed by atoms with Crippen molar-refractivity contribution in [3.8, 4) is 0 Å². The zero-order valence-electron chi connectivity index (χ0n) is 12.8. The summed E-state index contributed by atoms with van der Waals surface area (Å²) in [7, 11) is 1.84. The zero-order chi connectivity index (χ0) is 15.1. The molecule has 21 heavy (non-hydrogen) atoms. The summed E-state index contributed by atoms with van der Waals surface area (Å²) in [6.07, 6.45) is 2.18. The molecule has 3 heteroatoms. The van der Waals surface area contributed by atoms with E-state index >= 15 is 0 Å². The van der Waals surface area contributed by atoms with E-state index in [2.05, 4.69) is 29.3 Å². The molecule has 0 heterocycles. The maximum atomic E-state index is 14.2. The number of nitrogens with zero attached hydrogens (tertiary/aromatic N) is 1. The molecule has 0 aliphatic rings. The van der Waals surface area contributed by atoms with E-state index in [0.29, 0.717) is 6.54 Å². The topological polar surface area (TPSA) is 15.3 Å². The molecule has 2 rings (SSSR count). The van der Waals surface area contributed by atoms with Crippen molar-refractivity contribution in [3.63, 3.8) is 0 Å². The average Bonchev–Trinajstić information content (AvgIpc) is 2.52. The number of hydrogen-bond acceptors (Lipinski definition) is 2. The molecule has 0 fully saturated rings. The summed E-state index contributed by atoms with van der Waals surface area (Å²) in [5.41, 5.74) is 2.78. The Hall–Kier alpha value is -1.87. The molecule has 0 bridgehead atoms. The predicted molar refractivity (Wildman–Crippen MR) is 87.5 cm³/mol. The van der Waals surface area contributed by atoms with Gasteiger partial charge in [0.15, 0.2) is 0 Å². The average molecular weight is 286 g/mol. The van der Waals surface area contributed by atoms with Gasteiger partial charge in [-0.3, -0.25) is 0 Å². The first-order chi connectivity index (χ1) is 10.3. The van der Waals surface area contributed by atoms with Crippen molar-refractivity contribution in [1.29, 1.82) is 0 Å². The van der Waals surface area contributed by atoms with E-state index in [-0.39, 0.29) is 5.82 Å². The fourth-order valence-corrected chi connectivity index (χ4v) is 2.46. The molecule has 0 aliphatic carbocycles. The maximum absolute atomic E-state index is 14.2. The molecule has 0 unspecified atom stereocenters. The summed E-state index contributed by atoms with van der Waals surface area (Å²) in [6.45, 7) is 3.58. The van der Waals surface area contributed by atoms with Crippen molar-refractivity contribution >= 4 is 11.4 Å². The van der Waals surface area contributed by atoms with E-state index < -0.39 is 0 Å². The Morgan fingerprint density at radius 2 is 1.81 bits per heavy atom. The number of hydrogen-bond donors (Lipinski definition) is 1. The molecular formula is C18H23FN2. The standard InChI is InChI=1S/C18H23FN2/c1-3-4-13-21(15-9-6-5-7-10-15)18-12-8-11-17(19)16(18)14-20-2/h5-12,20H,3-4,13-14H2,1-2H3. The van der Waals surface area contributed by atoms with Gasteiger partial charge in [0.05, 0.1) is 0 Å². The fourth-order valence-electron chi connectivity index (χ4n) is 2.46. The molecule has 2 nitrogen and oxygen atoms in total. The molecular weight excluding hydrogens is 263 g/mol. The number of halogens is 1. The molecule has 0 saturated heterocycles. The highest BCUT2D eigenvalue weighted by Crippen LogP contribution is 2.30. The van der Waals surface area contributed by atoms with Crippen molar-refractivity contribution in [3.05, 3.63) is 59.9 Å². The van der Waals surface area contributed by atoms with Crippen molar-refractivity contribution in [2.45, 2.75) is 26.3 Å². The van der Waals surface area contributed by atoms with Crippen molar-refractivity contribution in [2.24, 2.45) is 0 Å². The van der Waals surface area contributed by atoms with Gasteiger partial charge in [-0.25, -0.2) is 4.39 Å². The Morgan fingerprint density at radius 3 is 2.48 bits per heavy atom. The minimum atomic E-state index is -0.153. The molecule has 0 atom stereocenters. The Labute approximate surface area is 126 Å². The van der Waals surface area contributed by atoms with Crippen LogP contribution in [0.15, 0.2) is 48.5 Å². The molecule has 112 valence electrons. The van der Waals surface area contributed by atoms with E-state index in [1.807, 2.05) is 31.3 Å². The lowest BCUT2D eigenvalue weighted by atomic mass is 10.1. The second kappa shape index (κ2) is 7.79. The smallest absolute Gasteiger partial charge is 0.129 e. The molecule has 0 spiro atoms. The predicted octanol–water partition coefficient (Wildman–Crippen LogP) is 4.48. The number of anilines is 2. The van der Waals surface area contributed by atoms with Crippen molar-refractivity contribution in [2.75, 3.05) is 18.5 Å². The van der Waals surface area contributed by atoms with Crippen LogP contribution >= 0.6 is 0 Å². The van der Waals surface area contributed by atoms with Gasteiger partial charge in [-0.15, -0.1) is 0 Å². The van der Waals surface area contributed by atoms with Crippen LogP contribution in [0, 0.1) is 5.82 Å². The highest BCUT2D eigenvalue weighted by molar-refractivity contribution is 5.66. The fraction of sp³-hybridized carbons (Fsp3) is 0.333. The second-order valence-electron chi connectivity index (χ2n) is 5.11. The van der Waals surface area contributed by atoms with Crippen LogP contribution < -0.4 is 10.2 Å². The minimum absolute atomic E-state index is 0.153. The first-order valence-corrected chi connectivity index (χ1v) is 7.52. The van der Waals surface area contributed by atoms with Gasteiger partial charge in [0.1, 0.15) is 5.82 Å². The van der Waals surface area contributed by atoms with E-state index in [9.17, 15) is 4.39 Å². The highest BCUT2D eigenvalue weighted by atomic mass is 19.1. The van der Waals surface area contributed by atoms with Gasteiger partial charge in [-0.05, 0) is 37.7 Å². The lowest BCUT2D eigenvalue weighted by molar-refractivity contribution is 0.600. The Kier molecular flexibility index (Phi) is 5.76. The van der Waals surface area contributed by atoms with Crippen LogP contribution in [0.5, 0.6) is 0 Å². The molecule has 2 aromatic carbocycles. The van der Waals surface area contributed by atoms with Gasteiger partial charge in [-0.2, -0.15) is 0 Å². The lowest BCUT2D eigenvalue weighted by Crippen LogP contribution is -2.21. The zero-order valence-corrected chi connectivity index (χ0v) is 12.8. The Balaban J connectivity index is 2.43. The van der Waals surface area contributed by atoms with Gasteiger partial charge < -0.3 is 10.2 Å². The molecule has 2 aromatic rings. The highest BCUT2D eigenvalue weighted by Gasteiger charge is 2.15. The van der Waals surface area contributed by atoms with Gasteiger partial charge in [-0.1, -0.05) is 37.6 Å². The van der Waals surface area contributed by atoms with Gasteiger partial charge in [0.25, 0.3) is 0 Å². The molecule has 0 aromatic heterocycles. The Bertz CT molecular complexity index is 554. The third kappa shape index (κ3) is 3.82. The third-order valence-electron chi connectivity index (χ3n) is 3.54. The van der Waals surface area contributed by atoms with Crippen LogP contribution in [-0.4, -0.2) is 13.6 Å². The first kappa shape index (κ1) is 15.5. The summed E-state index contributed by atoms with van der Waals surface area (Å²) in [5.74, 6) is -0.153. The largest absolute Gasteiger partial charge is 0.341 e. The summed E-state index contributed by atoms with van der Waals surface area (Å²) in [4.78, 5) is 2.21. The van der Waals surface area contributed by atoms with Crippen molar-refractivity contribution in [1.82, 2.24) is 5.32 Å². The monoisotopic (exact) mass is 286 g/mol. The summed E-state index contributed by atoms with van der Waals surface area (Å²) in [5, 5.41) is 3.06. The normalized spacial score (nSPS) is 10.6. The van der Waals surface area contributed by atoms with Gasteiger partial charge in [0.2, 0.25) is 0 Å². The van der Waals surface area contributed by atoms with E-state index in [0.717, 1.165) is 36.3 Å². The van der Waals surface area contributed by atoms with Crippen LogP contribution in [0.4, 0.5) is 15.8 Å². The van der Waals surface area contributed by atoms with E-state index in [1.54, 1.807) is 6.07 Å². The van der Waals surface area contributed by atoms with Crippen LogP contribution in [0.25, 0.3) is 0 Å². The number of unbranched alkanes of at least 4 members (excludes halogenated alkanes) is 1. The maximum Gasteiger partial charge on any atom is 0.129 e. The summed E-state index contributed by atoms with van der Waals surface area (Å²) >= 11 is 0. The number of para-hydroxylation sites is 1. The quantitative estimate of drug-likeness (QED) is 0.807. The lowest BCUT2D eigenvalue weighted by Gasteiger charge is -2.27. The molecule has 0 amide bonds. The second-order valence-corrected chi connectivity index (χ2v) is 5.11. The van der Waals surface area contributed by atoms with E-state index in [1.165, 1.54) is 6.07 Å². The van der Waals surface area contributed by atoms with Crippen LogP contribution in [-0.2, 0) is 6.54 Å². The summed E-state index contributed by atoms with van der Waals surface area (Å²) < 4.78 is 14.2. The number of rotatable bonds is 7. The van der Waals surface area contributed by atoms with Crippen molar-refractivity contribution < 1.29 is 4.39 Å². The SMILES string of the molecule is CCCCN(c1ccccc1)c1cccc(F)c1CNC. The first-order valence-electron chi connectivity index (χ1n) is 7.52. The number of nitrogens with one attached hydrogen (secondary N) is 1. The molecule has 0 saturated carbocycles. The van der Waals surface area contributed by atoms with Gasteiger partial charge in [0, 0.05) is 30.0 Å². The van der Waals surface area contributed by atoms with Crippen LogP contribution in [0.3, 0.4) is 0 Å². The molecule has 0 radical (unpaired) electrons. The van der Waals surface area contributed by atoms with Gasteiger partial charge >= 0.3 is 0 Å². The van der Waals surface area contributed by atoms with Crippen LogP contribution in [0.2, 0.25) is 0 Å². The van der Waals surface area contributed by atoms with E-state index in [4.69, 9.17) is 0 Å². The van der Waals surface area contributed by atoms with Crippen LogP contribution in [0.1, 0.15) is 25.3 Å². The minimum Gasteiger partial charge on any atom is -0.341 e. The number of benzene rings is 2. The Morgan fingerprint density at radius 1 is 1.05 bits per heavy atom.